The number of piperazine rings is 1. The van der Waals surface area contributed by atoms with Gasteiger partial charge in [-0.2, -0.15) is 5.10 Å². The number of rotatable bonds is 6. The summed E-state index contributed by atoms with van der Waals surface area (Å²) in [4.78, 5) is 25.3. The van der Waals surface area contributed by atoms with E-state index >= 15 is 0 Å². The number of nitro groups is 2. The van der Waals surface area contributed by atoms with E-state index in [1.165, 1.54) is 30.5 Å². The molecule has 1 fully saturated rings. The molecular formula is C18H20N6O4. The van der Waals surface area contributed by atoms with E-state index in [9.17, 15) is 20.2 Å². The summed E-state index contributed by atoms with van der Waals surface area (Å²) in [5, 5.41) is 26.0. The van der Waals surface area contributed by atoms with Crippen LogP contribution in [0.4, 0.5) is 22.7 Å². The van der Waals surface area contributed by atoms with E-state index in [0.717, 1.165) is 31.9 Å². The van der Waals surface area contributed by atoms with Crippen molar-refractivity contribution in [3.8, 4) is 0 Å². The fourth-order valence-electron chi connectivity index (χ4n) is 2.93. The molecule has 1 N–H and O–H groups in total. The average Bonchev–Trinajstić information content (AvgIpc) is 2.69. The maximum absolute atomic E-state index is 11.1. The quantitative estimate of drug-likeness (QED) is 0.462. The van der Waals surface area contributed by atoms with Gasteiger partial charge in [0.05, 0.1) is 21.7 Å². The van der Waals surface area contributed by atoms with Crippen molar-refractivity contribution in [2.45, 2.75) is 0 Å². The molecule has 0 radical (unpaired) electrons. The Balaban J connectivity index is 1.80. The monoisotopic (exact) mass is 384 g/mol. The molecular weight excluding hydrogens is 364 g/mol. The predicted octanol–water partition coefficient (Wildman–Crippen LogP) is 2.70. The molecule has 3 rings (SSSR count). The number of anilines is 2. The minimum atomic E-state index is -0.474. The summed E-state index contributed by atoms with van der Waals surface area (Å²) in [7, 11) is 2.06. The highest BCUT2D eigenvalue weighted by molar-refractivity contribution is 5.89. The van der Waals surface area contributed by atoms with Crippen LogP contribution in [-0.4, -0.2) is 54.2 Å². The minimum absolute atomic E-state index is 0.00494. The number of likely N-dealkylation sites (N-methyl/N-ethyl adjacent to an activating group) is 1. The van der Waals surface area contributed by atoms with Gasteiger partial charge in [0, 0.05) is 61.7 Å². The first-order valence-corrected chi connectivity index (χ1v) is 8.69. The van der Waals surface area contributed by atoms with Gasteiger partial charge in [0.1, 0.15) is 0 Å². The maximum Gasteiger partial charge on any atom is 0.270 e. The van der Waals surface area contributed by atoms with Crippen LogP contribution in [0.25, 0.3) is 0 Å². The molecule has 1 heterocycles. The number of nitro benzene ring substituents is 2. The topological polar surface area (TPSA) is 117 Å². The highest BCUT2D eigenvalue weighted by atomic mass is 16.6. The van der Waals surface area contributed by atoms with Crippen molar-refractivity contribution in [3.05, 3.63) is 68.3 Å². The summed E-state index contributed by atoms with van der Waals surface area (Å²) >= 11 is 0. The Morgan fingerprint density at radius 2 is 1.57 bits per heavy atom. The molecule has 0 unspecified atom stereocenters. The lowest BCUT2D eigenvalue weighted by atomic mass is 10.1. The normalized spacial score (nSPS) is 15.0. The zero-order valence-corrected chi connectivity index (χ0v) is 15.3. The van der Waals surface area contributed by atoms with Crippen LogP contribution in [-0.2, 0) is 0 Å². The van der Waals surface area contributed by atoms with Gasteiger partial charge in [0.15, 0.2) is 0 Å². The standard InChI is InChI=1S/C18H20N6O4/c1-21-8-10-22(11-9-21)18-7-6-17(24(27)28)12-14(18)13-19-20-15-2-4-16(5-3-15)23(25)26/h2-7,12-13,20H,8-11H2,1H3. The van der Waals surface area contributed by atoms with Crippen molar-refractivity contribution < 1.29 is 9.85 Å². The van der Waals surface area contributed by atoms with Crippen LogP contribution >= 0.6 is 0 Å². The highest BCUT2D eigenvalue weighted by Crippen LogP contribution is 2.25. The summed E-state index contributed by atoms with van der Waals surface area (Å²) in [6.07, 6.45) is 1.53. The van der Waals surface area contributed by atoms with Crippen LogP contribution in [0.2, 0.25) is 0 Å². The Morgan fingerprint density at radius 3 is 2.18 bits per heavy atom. The molecule has 0 aromatic heterocycles. The van der Waals surface area contributed by atoms with Crippen molar-refractivity contribution in [1.29, 1.82) is 0 Å². The van der Waals surface area contributed by atoms with Crippen molar-refractivity contribution in [1.82, 2.24) is 4.90 Å². The Kier molecular flexibility index (Phi) is 5.80. The third-order valence-electron chi connectivity index (χ3n) is 4.54. The van der Waals surface area contributed by atoms with E-state index in [2.05, 4.69) is 27.4 Å². The Labute approximate surface area is 161 Å². The van der Waals surface area contributed by atoms with Gasteiger partial charge >= 0.3 is 0 Å². The van der Waals surface area contributed by atoms with Crippen molar-refractivity contribution >= 4 is 29.0 Å². The van der Waals surface area contributed by atoms with Crippen LogP contribution in [0.5, 0.6) is 0 Å². The summed E-state index contributed by atoms with van der Waals surface area (Å²) in [5.41, 5.74) is 4.87. The smallest absolute Gasteiger partial charge is 0.270 e. The van der Waals surface area contributed by atoms with Gasteiger partial charge in [-0.1, -0.05) is 0 Å². The fourth-order valence-corrected chi connectivity index (χ4v) is 2.93. The van der Waals surface area contributed by atoms with Gasteiger partial charge in [-0.05, 0) is 25.2 Å². The van der Waals surface area contributed by atoms with Gasteiger partial charge < -0.3 is 9.80 Å². The summed E-state index contributed by atoms with van der Waals surface area (Å²) in [5.74, 6) is 0. The first-order valence-electron chi connectivity index (χ1n) is 8.69. The van der Waals surface area contributed by atoms with Crippen molar-refractivity contribution in [2.75, 3.05) is 43.6 Å². The Morgan fingerprint density at radius 1 is 0.964 bits per heavy atom. The first kappa shape index (κ1) is 19.2. The summed E-state index contributed by atoms with van der Waals surface area (Å²) in [6, 6.07) is 10.6. The molecule has 0 saturated carbocycles. The van der Waals surface area contributed by atoms with E-state index in [1.54, 1.807) is 18.2 Å². The second-order valence-corrected chi connectivity index (χ2v) is 6.46. The Bertz CT molecular complexity index is 891. The first-order chi connectivity index (χ1) is 13.4. The SMILES string of the molecule is CN1CCN(c2ccc([N+](=O)[O-])cc2C=NNc2ccc([N+](=O)[O-])cc2)CC1. The van der Waals surface area contributed by atoms with Crippen LogP contribution in [0, 0.1) is 20.2 Å². The van der Waals surface area contributed by atoms with E-state index in [0.29, 0.717) is 11.3 Å². The van der Waals surface area contributed by atoms with Crippen molar-refractivity contribution in [3.63, 3.8) is 0 Å². The number of hydrogen-bond acceptors (Lipinski definition) is 8. The molecule has 1 saturated heterocycles. The Hall–Kier alpha value is -3.53. The molecule has 1 aliphatic rings. The molecule has 2 aromatic rings. The van der Waals surface area contributed by atoms with Crippen LogP contribution in [0.1, 0.15) is 5.56 Å². The lowest BCUT2D eigenvalue weighted by Gasteiger charge is -2.34. The lowest BCUT2D eigenvalue weighted by Crippen LogP contribution is -2.44. The van der Waals surface area contributed by atoms with Gasteiger partial charge in [-0.15, -0.1) is 0 Å². The molecule has 10 heteroatoms. The number of nitrogens with one attached hydrogen (secondary N) is 1. The van der Waals surface area contributed by atoms with E-state index in [1.807, 2.05) is 0 Å². The van der Waals surface area contributed by atoms with Crippen molar-refractivity contribution in [2.24, 2.45) is 5.10 Å². The molecule has 0 atom stereocenters. The van der Waals surface area contributed by atoms with Crippen LogP contribution in [0.15, 0.2) is 47.6 Å². The molecule has 0 spiro atoms. The molecule has 1 aliphatic heterocycles. The third-order valence-corrected chi connectivity index (χ3v) is 4.54. The van der Waals surface area contributed by atoms with Crippen LogP contribution < -0.4 is 10.3 Å². The second kappa shape index (κ2) is 8.44. The fraction of sp³-hybridized carbons (Fsp3) is 0.278. The van der Waals surface area contributed by atoms with Gasteiger partial charge in [-0.3, -0.25) is 25.7 Å². The van der Waals surface area contributed by atoms with E-state index < -0.39 is 9.85 Å². The van der Waals surface area contributed by atoms with E-state index in [-0.39, 0.29) is 11.4 Å². The molecule has 2 aromatic carbocycles. The average molecular weight is 384 g/mol. The number of non-ortho nitro benzene ring substituents is 2. The number of hydrogen-bond donors (Lipinski definition) is 1. The zero-order chi connectivity index (χ0) is 20.1. The molecule has 146 valence electrons. The minimum Gasteiger partial charge on any atom is -0.368 e. The second-order valence-electron chi connectivity index (χ2n) is 6.46. The number of hydrazone groups is 1. The molecule has 0 bridgehead atoms. The summed E-state index contributed by atoms with van der Waals surface area (Å²) in [6.45, 7) is 3.47. The van der Waals surface area contributed by atoms with Gasteiger partial charge in [-0.25, -0.2) is 0 Å². The van der Waals surface area contributed by atoms with Crippen LogP contribution in [0.3, 0.4) is 0 Å². The molecule has 10 nitrogen and oxygen atoms in total. The van der Waals surface area contributed by atoms with E-state index in [4.69, 9.17) is 0 Å². The van der Waals surface area contributed by atoms with Gasteiger partial charge in [0.2, 0.25) is 0 Å². The highest BCUT2D eigenvalue weighted by Gasteiger charge is 2.18. The largest absolute Gasteiger partial charge is 0.368 e. The zero-order valence-electron chi connectivity index (χ0n) is 15.3. The number of nitrogens with zero attached hydrogens (tertiary/aromatic N) is 5. The third kappa shape index (κ3) is 4.60. The summed E-state index contributed by atoms with van der Waals surface area (Å²) < 4.78 is 0. The molecule has 28 heavy (non-hydrogen) atoms. The van der Waals surface area contributed by atoms with Gasteiger partial charge in [0.25, 0.3) is 11.4 Å². The lowest BCUT2D eigenvalue weighted by molar-refractivity contribution is -0.385. The number of benzene rings is 2. The predicted molar refractivity (Wildman–Crippen MR) is 107 cm³/mol. The maximum atomic E-state index is 11.1. The molecule has 0 aliphatic carbocycles. The molecule has 0 amide bonds.